The zero-order chi connectivity index (χ0) is 21.8. The van der Waals surface area contributed by atoms with Gasteiger partial charge < -0.3 is 14.0 Å². The predicted octanol–water partition coefficient (Wildman–Crippen LogP) is 5.05. The highest BCUT2D eigenvalue weighted by molar-refractivity contribution is 5.99. The second-order valence-corrected chi connectivity index (χ2v) is 7.31. The van der Waals surface area contributed by atoms with Gasteiger partial charge in [-0.25, -0.2) is 4.79 Å². The maximum absolute atomic E-state index is 12.7. The van der Waals surface area contributed by atoms with Crippen LogP contribution in [0.15, 0.2) is 78.9 Å². The van der Waals surface area contributed by atoms with E-state index in [0.717, 1.165) is 27.8 Å². The van der Waals surface area contributed by atoms with Crippen molar-refractivity contribution in [2.24, 2.45) is 0 Å². The lowest BCUT2D eigenvalue weighted by Gasteiger charge is -2.10. The molecule has 0 amide bonds. The zero-order valence-electron chi connectivity index (χ0n) is 17.5. The molecule has 5 nitrogen and oxygen atoms in total. The first-order chi connectivity index (χ1) is 15.0. The van der Waals surface area contributed by atoms with Crippen LogP contribution in [0.1, 0.15) is 21.7 Å². The predicted molar refractivity (Wildman–Crippen MR) is 120 cm³/mol. The molecule has 0 aliphatic heterocycles. The number of aryl methyl sites for hydroxylation is 1. The minimum Gasteiger partial charge on any atom is -0.481 e. The summed E-state index contributed by atoms with van der Waals surface area (Å²) in [5.41, 5.74) is 3.29. The molecule has 4 rings (SSSR count). The highest BCUT2D eigenvalue weighted by Crippen LogP contribution is 2.25. The van der Waals surface area contributed by atoms with E-state index in [1.165, 1.54) is 0 Å². The Balaban J connectivity index is 1.38. The Morgan fingerprint density at radius 2 is 1.55 bits per heavy atom. The molecule has 0 aliphatic carbocycles. The monoisotopic (exact) mass is 413 g/mol. The number of fused-ring (bicyclic) bond motifs is 1. The van der Waals surface area contributed by atoms with E-state index < -0.39 is 5.97 Å². The van der Waals surface area contributed by atoms with E-state index in [4.69, 9.17) is 9.47 Å². The van der Waals surface area contributed by atoms with Crippen molar-refractivity contribution in [3.05, 3.63) is 95.8 Å². The fourth-order valence-electron chi connectivity index (χ4n) is 3.74. The van der Waals surface area contributed by atoms with Gasteiger partial charge in [0.25, 0.3) is 0 Å². The summed E-state index contributed by atoms with van der Waals surface area (Å²) in [6, 6.07) is 25.1. The molecule has 0 atom stereocenters. The summed E-state index contributed by atoms with van der Waals surface area (Å²) >= 11 is 0. The van der Waals surface area contributed by atoms with Crippen LogP contribution in [-0.2, 0) is 9.53 Å². The number of Topliss-reactive ketones (excluding diaryl/α,β-unsaturated/α-hetero) is 1. The number of hydrogen-bond acceptors (Lipinski definition) is 4. The Morgan fingerprint density at radius 1 is 0.839 bits per heavy atom. The van der Waals surface area contributed by atoms with Gasteiger partial charge in [0.05, 0.1) is 0 Å². The number of hydrogen-bond donors (Lipinski definition) is 0. The van der Waals surface area contributed by atoms with E-state index in [1.807, 2.05) is 91.2 Å². The van der Waals surface area contributed by atoms with Gasteiger partial charge in [-0.1, -0.05) is 54.6 Å². The number of ether oxygens (including phenoxy) is 2. The number of nitrogens with zero attached hydrogens (tertiary/aromatic N) is 1. The molecule has 3 aromatic carbocycles. The van der Waals surface area contributed by atoms with Gasteiger partial charge in [0.15, 0.2) is 13.2 Å². The van der Waals surface area contributed by atoms with Gasteiger partial charge in [0, 0.05) is 28.0 Å². The number of carbonyl (C=O) groups excluding carboxylic acids is 2. The van der Waals surface area contributed by atoms with Gasteiger partial charge in [-0.05, 0) is 43.5 Å². The van der Waals surface area contributed by atoms with Crippen LogP contribution in [0.5, 0.6) is 5.75 Å². The van der Waals surface area contributed by atoms with Crippen molar-refractivity contribution in [3.63, 3.8) is 0 Å². The normalized spacial score (nSPS) is 10.8. The highest BCUT2D eigenvalue weighted by atomic mass is 16.6. The molecule has 0 spiro atoms. The van der Waals surface area contributed by atoms with Crippen molar-refractivity contribution in [2.45, 2.75) is 13.8 Å². The molecule has 5 heteroatoms. The quantitative estimate of drug-likeness (QED) is 0.314. The molecular formula is C26H23NO4. The lowest BCUT2D eigenvalue weighted by atomic mass is 10.1. The molecule has 0 aliphatic rings. The maximum atomic E-state index is 12.7. The van der Waals surface area contributed by atoms with Crippen LogP contribution in [-0.4, -0.2) is 29.5 Å². The summed E-state index contributed by atoms with van der Waals surface area (Å²) < 4.78 is 12.8. The first-order valence-corrected chi connectivity index (χ1v) is 10.1. The first kappa shape index (κ1) is 20.4. The lowest BCUT2D eigenvalue weighted by molar-refractivity contribution is -0.144. The van der Waals surface area contributed by atoms with Crippen molar-refractivity contribution in [1.29, 1.82) is 0 Å². The van der Waals surface area contributed by atoms with Crippen molar-refractivity contribution in [1.82, 2.24) is 4.57 Å². The molecule has 4 aromatic rings. The van der Waals surface area contributed by atoms with Crippen LogP contribution in [0.4, 0.5) is 0 Å². The summed E-state index contributed by atoms with van der Waals surface area (Å²) in [7, 11) is 0. The zero-order valence-corrected chi connectivity index (χ0v) is 17.5. The second kappa shape index (κ2) is 8.88. The van der Waals surface area contributed by atoms with E-state index in [9.17, 15) is 9.59 Å². The molecule has 31 heavy (non-hydrogen) atoms. The van der Waals surface area contributed by atoms with E-state index in [1.54, 1.807) is 6.07 Å². The van der Waals surface area contributed by atoms with Gasteiger partial charge in [-0.2, -0.15) is 0 Å². The fourth-order valence-corrected chi connectivity index (χ4v) is 3.74. The summed E-state index contributed by atoms with van der Waals surface area (Å²) in [5, 5.41) is 1.94. The topological polar surface area (TPSA) is 57.5 Å². The number of aromatic nitrogens is 1. The standard InChI is InChI=1S/C26H23NO4/c1-18-15-23(19(2)27(18)21-11-4-3-5-12-21)24(28)16-31-26(29)17-30-25-14-8-10-20-9-6-7-13-22(20)25/h3-15H,16-17H2,1-2H3. The number of ketones is 1. The van der Waals surface area contributed by atoms with Crippen molar-refractivity contribution >= 4 is 22.5 Å². The highest BCUT2D eigenvalue weighted by Gasteiger charge is 2.18. The van der Waals surface area contributed by atoms with E-state index in [2.05, 4.69) is 0 Å². The van der Waals surface area contributed by atoms with Crippen LogP contribution in [0, 0.1) is 13.8 Å². The molecule has 1 aromatic heterocycles. The Hall–Kier alpha value is -3.86. The molecule has 0 radical (unpaired) electrons. The molecule has 156 valence electrons. The summed E-state index contributed by atoms with van der Waals surface area (Å²) in [6.45, 7) is 3.25. The van der Waals surface area contributed by atoms with E-state index >= 15 is 0 Å². The van der Waals surface area contributed by atoms with Gasteiger partial charge in [0.2, 0.25) is 5.78 Å². The van der Waals surface area contributed by atoms with Crippen LogP contribution < -0.4 is 4.74 Å². The fraction of sp³-hybridized carbons (Fsp3) is 0.154. The third-order valence-corrected chi connectivity index (χ3v) is 5.21. The lowest BCUT2D eigenvalue weighted by Crippen LogP contribution is -2.20. The molecule has 0 N–H and O–H groups in total. The van der Waals surface area contributed by atoms with Gasteiger partial charge in [-0.15, -0.1) is 0 Å². The maximum Gasteiger partial charge on any atom is 0.344 e. The smallest absolute Gasteiger partial charge is 0.344 e. The van der Waals surface area contributed by atoms with Crippen molar-refractivity contribution < 1.29 is 19.1 Å². The largest absolute Gasteiger partial charge is 0.481 e. The van der Waals surface area contributed by atoms with Crippen molar-refractivity contribution in [3.8, 4) is 11.4 Å². The average Bonchev–Trinajstić information content (AvgIpc) is 3.10. The Morgan fingerprint density at radius 3 is 2.35 bits per heavy atom. The number of benzene rings is 3. The van der Waals surface area contributed by atoms with E-state index in [-0.39, 0.29) is 19.0 Å². The molecule has 0 fully saturated rings. The molecule has 0 saturated heterocycles. The number of carbonyl (C=O) groups is 2. The van der Waals surface area contributed by atoms with Gasteiger partial charge in [0.1, 0.15) is 5.75 Å². The molecule has 1 heterocycles. The van der Waals surface area contributed by atoms with E-state index in [0.29, 0.717) is 11.3 Å². The van der Waals surface area contributed by atoms with Crippen molar-refractivity contribution in [2.75, 3.05) is 13.2 Å². The Labute approximate surface area is 180 Å². The van der Waals surface area contributed by atoms with Crippen LogP contribution in [0.2, 0.25) is 0 Å². The molecular weight excluding hydrogens is 390 g/mol. The van der Waals surface area contributed by atoms with Crippen LogP contribution in [0.25, 0.3) is 16.5 Å². The van der Waals surface area contributed by atoms with Crippen LogP contribution in [0.3, 0.4) is 0 Å². The van der Waals surface area contributed by atoms with Gasteiger partial charge >= 0.3 is 5.97 Å². The summed E-state index contributed by atoms with van der Waals surface area (Å²) in [4.78, 5) is 24.8. The first-order valence-electron chi connectivity index (χ1n) is 10.1. The second-order valence-electron chi connectivity index (χ2n) is 7.31. The molecule has 0 bridgehead atoms. The van der Waals surface area contributed by atoms with Crippen LogP contribution >= 0.6 is 0 Å². The Kier molecular flexibility index (Phi) is 5.85. The molecule has 0 unspecified atom stereocenters. The minimum atomic E-state index is -0.585. The number of esters is 1. The third-order valence-electron chi connectivity index (χ3n) is 5.21. The Bertz CT molecular complexity index is 1240. The third kappa shape index (κ3) is 4.36. The number of rotatable bonds is 7. The SMILES string of the molecule is Cc1cc(C(=O)COC(=O)COc2cccc3ccccc23)c(C)n1-c1ccccc1. The summed E-state index contributed by atoms with van der Waals surface area (Å²) in [5.74, 6) is -0.222. The minimum absolute atomic E-state index is 0.242. The summed E-state index contributed by atoms with van der Waals surface area (Å²) in [6.07, 6.45) is 0. The number of para-hydroxylation sites is 1. The average molecular weight is 413 g/mol. The molecule has 0 saturated carbocycles. The van der Waals surface area contributed by atoms with Gasteiger partial charge in [-0.3, -0.25) is 4.79 Å².